The van der Waals surface area contributed by atoms with Crippen molar-refractivity contribution in [2.75, 3.05) is 0 Å². The first-order valence-electron chi connectivity index (χ1n) is 7.57. The molecular weight excluding hydrogens is 356 g/mol. The molecule has 4 rings (SSSR count). The van der Waals surface area contributed by atoms with Crippen LogP contribution in [0, 0.1) is 13.8 Å². The van der Waals surface area contributed by atoms with E-state index in [-0.39, 0.29) is 5.56 Å². The van der Waals surface area contributed by atoms with Gasteiger partial charge in [0.1, 0.15) is 5.01 Å². The first-order chi connectivity index (χ1) is 12.1. The van der Waals surface area contributed by atoms with E-state index in [1.54, 1.807) is 0 Å². The van der Waals surface area contributed by atoms with Crippen LogP contribution in [0.15, 0.2) is 40.3 Å². The molecule has 0 aliphatic rings. The van der Waals surface area contributed by atoms with Gasteiger partial charge in [-0.15, -0.1) is 5.10 Å². The molecule has 0 saturated heterocycles. The number of thioether (sulfide) groups is 1. The smallest absolute Gasteiger partial charge is 0.267 e. The van der Waals surface area contributed by atoms with Crippen LogP contribution in [0.25, 0.3) is 16.3 Å². The van der Waals surface area contributed by atoms with Crippen molar-refractivity contribution in [3.05, 3.63) is 57.0 Å². The fourth-order valence-corrected chi connectivity index (χ4v) is 3.85. The lowest BCUT2D eigenvalue weighted by Crippen LogP contribution is -2.15. The van der Waals surface area contributed by atoms with Crippen molar-refractivity contribution in [2.45, 2.75) is 24.8 Å². The molecule has 0 fully saturated rings. The van der Waals surface area contributed by atoms with E-state index < -0.39 is 0 Å². The number of fused-ring (bicyclic) bond motifs is 1. The fourth-order valence-electron chi connectivity index (χ4n) is 2.40. The van der Waals surface area contributed by atoms with Gasteiger partial charge in [0, 0.05) is 17.4 Å². The van der Waals surface area contributed by atoms with Crippen LogP contribution in [0.2, 0.25) is 0 Å². The Kier molecular flexibility index (Phi) is 4.10. The average Bonchev–Trinajstić information content (AvgIpc) is 3.19. The molecule has 0 spiro atoms. The zero-order valence-electron chi connectivity index (χ0n) is 13.6. The third kappa shape index (κ3) is 3.33. The van der Waals surface area contributed by atoms with Crippen molar-refractivity contribution in [2.24, 2.45) is 0 Å². The zero-order valence-corrected chi connectivity index (χ0v) is 15.2. The molecule has 0 bridgehead atoms. The molecule has 0 amide bonds. The topological polar surface area (TPSA) is 88.8 Å². The number of aromatic amines is 1. The third-order valence-corrected chi connectivity index (χ3v) is 5.21. The number of hydrogen-bond donors (Lipinski definition) is 1. The third-order valence-electron chi connectivity index (χ3n) is 3.50. The molecule has 0 aliphatic carbocycles. The number of H-pyrrole nitrogens is 1. The van der Waals surface area contributed by atoms with Crippen LogP contribution >= 0.6 is 23.1 Å². The SMILES string of the molecule is Cc1cccc(-c2nc(SCc3cc(=O)n4nc(C)sc4n3)n[nH]2)c1. The van der Waals surface area contributed by atoms with Gasteiger partial charge < -0.3 is 0 Å². The van der Waals surface area contributed by atoms with Gasteiger partial charge >= 0.3 is 0 Å². The second kappa shape index (κ2) is 6.41. The summed E-state index contributed by atoms with van der Waals surface area (Å²) in [6, 6.07) is 9.58. The van der Waals surface area contributed by atoms with E-state index in [0.717, 1.165) is 16.4 Å². The van der Waals surface area contributed by atoms with Crippen molar-refractivity contribution >= 4 is 28.1 Å². The van der Waals surface area contributed by atoms with Crippen LogP contribution in [-0.2, 0) is 5.75 Å². The van der Waals surface area contributed by atoms with Crippen LogP contribution < -0.4 is 5.56 Å². The predicted molar refractivity (Wildman–Crippen MR) is 98.0 cm³/mol. The first kappa shape index (κ1) is 16.0. The second-order valence-corrected chi connectivity index (χ2v) is 7.63. The number of aryl methyl sites for hydroxylation is 2. The summed E-state index contributed by atoms with van der Waals surface area (Å²) in [7, 11) is 0. The van der Waals surface area contributed by atoms with Crippen LogP contribution in [0.5, 0.6) is 0 Å². The summed E-state index contributed by atoms with van der Waals surface area (Å²) in [6.45, 7) is 3.89. The van der Waals surface area contributed by atoms with Gasteiger partial charge in [-0.05, 0) is 19.9 Å². The van der Waals surface area contributed by atoms with E-state index in [1.807, 2.05) is 32.0 Å². The average molecular weight is 370 g/mol. The van der Waals surface area contributed by atoms with Gasteiger partial charge in [-0.25, -0.2) is 9.97 Å². The Balaban J connectivity index is 1.53. The van der Waals surface area contributed by atoms with E-state index in [2.05, 4.69) is 31.3 Å². The maximum Gasteiger partial charge on any atom is 0.275 e. The Labute approximate surface area is 151 Å². The molecule has 0 aliphatic heterocycles. The van der Waals surface area contributed by atoms with Gasteiger partial charge in [0.05, 0.1) is 5.69 Å². The van der Waals surface area contributed by atoms with Gasteiger partial charge in [0.15, 0.2) is 5.82 Å². The Bertz CT molecular complexity index is 1110. The summed E-state index contributed by atoms with van der Waals surface area (Å²) in [5.74, 6) is 1.25. The fraction of sp³-hybridized carbons (Fsp3) is 0.188. The highest BCUT2D eigenvalue weighted by molar-refractivity contribution is 7.98. The zero-order chi connectivity index (χ0) is 17.4. The normalized spacial score (nSPS) is 11.3. The summed E-state index contributed by atoms with van der Waals surface area (Å²) in [4.78, 5) is 21.7. The van der Waals surface area contributed by atoms with E-state index in [0.29, 0.717) is 21.6 Å². The van der Waals surface area contributed by atoms with Crippen molar-refractivity contribution in [1.82, 2.24) is 29.8 Å². The predicted octanol–water partition coefficient (Wildman–Crippen LogP) is 2.85. The maximum atomic E-state index is 12.1. The largest absolute Gasteiger partial charge is 0.275 e. The van der Waals surface area contributed by atoms with Crippen LogP contribution in [0.1, 0.15) is 16.3 Å². The standard InChI is InChI=1S/C16H14N6OS2/c1-9-4-3-5-11(6-9)14-18-15(20-19-14)24-8-12-7-13(23)22-16(17-12)25-10(2)21-22/h3-7H,8H2,1-2H3,(H,18,19,20). The van der Waals surface area contributed by atoms with Crippen LogP contribution in [0.4, 0.5) is 0 Å². The summed E-state index contributed by atoms with van der Waals surface area (Å²) in [5.41, 5.74) is 2.69. The first-order valence-corrected chi connectivity index (χ1v) is 9.37. The summed E-state index contributed by atoms with van der Waals surface area (Å²) in [6.07, 6.45) is 0. The van der Waals surface area contributed by atoms with E-state index >= 15 is 0 Å². The Hall–Kier alpha value is -2.52. The molecule has 0 atom stereocenters. The van der Waals surface area contributed by atoms with Gasteiger partial charge in [-0.3, -0.25) is 9.89 Å². The van der Waals surface area contributed by atoms with Gasteiger partial charge in [0.25, 0.3) is 5.56 Å². The van der Waals surface area contributed by atoms with Crippen molar-refractivity contribution in [1.29, 1.82) is 0 Å². The molecule has 0 saturated carbocycles. The van der Waals surface area contributed by atoms with Crippen molar-refractivity contribution < 1.29 is 0 Å². The van der Waals surface area contributed by atoms with Crippen LogP contribution in [-0.4, -0.2) is 29.8 Å². The van der Waals surface area contributed by atoms with E-state index in [9.17, 15) is 4.79 Å². The number of rotatable bonds is 4. The molecule has 7 nitrogen and oxygen atoms in total. The van der Waals surface area contributed by atoms with Gasteiger partial charge in [-0.2, -0.15) is 9.61 Å². The summed E-state index contributed by atoms with van der Waals surface area (Å²) < 4.78 is 1.33. The van der Waals surface area contributed by atoms with E-state index in [4.69, 9.17) is 0 Å². The molecule has 9 heteroatoms. The molecule has 126 valence electrons. The number of nitrogens with one attached hydrogen (secondary N) is 1. The second-order valence-electron chi connectivity index (χ2n) is 5.53. The lowest BCUT2D eigenvalue weighted by Gasteiger charge is -1.98. The van der Waals surface area contributed by atoms with Gasteiger partial charge in [-0.1, -0.05) is 46.9 Å². The molecule has 1 aromatic carbocycles. The highest BCUT2D eigenvalue weighted by Gasteiger charge is 2.10. The Morgan fingerprint density at radius 1 is 1.24 bits per heavy atom. The number of nitrogens with zero attached hydrogens (tertiary/aromatic N) is 5. The number of benzene rings is 1. The lowest BCUT2D eigenvalue weighted by atomic mass is 10.1. The molecule has 1 N–H and O–H groups in total. The van der Waals surface area contributed by atoms with Gasteiger partial charge in [0.2, 0.25) is 10.1 Å². The molecular formula is C16H14N6OS2. The Morgan fingerprint density at radius 3 is 2.96 bits per heavy atom. The lowest BCUT2D eigenvalue weighted by molar-refractivity contribution is 0.871. The maximum absolute atomic E-state index is 12.1. The highest BCUT2D eigenvalue weighted by atomic mass is 32.2. The molecule has 3 aromatic heterocycles. The molecule has 25 heavy (non-hydrogen) atoms. The van der Waals surface area contributed by atoms with Crippen LogP contribution in [0.3, 0.4) is 0 Å². The number of hydrogen-bond acceptors (Lipinski definition) is 7. The quantitative estimate of drug-likeness (QED) is 0.556. The minimum Gasteiger partial charge on any atom is -0.267 e. The monoisotopic (exact) mass is 370 g/mol. The molecule has 0 unspecified atom stereocenters. The Morgan fingerprint density at radius 2 is 2.12 bits per heavy atom. The highest BCUT2D eigenvalue weighted by Crippen LogP contribution is 2.22. The summed E-state index contributed by atoms with van der Waals surface area (Å²) in [5, 5.41) is 12.8. The molecule has 4 aromatic rings. The minimum atomic E-state index is -0.166. The number of aromatic nitrogens is 6. The molecule has 0 radical (unpaired) electrons. The molecule has 3 heterocycles. The summed E-state index contributed by atoms with van der Waals surface area (Å²) >= 11 is 2.84. The van der Waals surface area contributed by atoms with E-state index in [1.165, 1.54) is 39.2 Å². The van der Waals surface area contributed by atoms with Crippen molar-refractivity contribution in [3.8, 4) is 11.4 Å². The van der Waals surface area contributed by atoms with Crippen molar-refractivity contribution in [3.63, 3.8) is 0 Å². The minimum absolute atomic E-state index is 0.166.